The first kappa shape index (κ1) is 21.0. The molecule has 7 nitrogen and oxygen atoms in total. The maximum atomic E-state index is 11.7. The molecule has 0 aliphatic heterocycles. The molecule has 1 rings (SSSR count). The van der Waals surface area contributed by atoms with Gasteiger partial charge in [0.05, 0.1) is 6.61 Å². The first-order chi connectivity index (χ1) is 11.8. The average molecular weight is 415 g/mol. The van der Waals surface area contributed by atoms with Gasteiger partial charge in [-0.25, -0.2) is 4.79 Å². The van der Waals surface area contributed by atoms with Gasteiger partial charge in [0.1, 0.15) is 5.75 Å². The number of urea groups is 1. The minimum absolute atomic E-state index is 0.101. The second-order valence-corrected chi connectivity index (χ2v) is 6.57. The van der Waals surface area contributed by atoms with Crippen LogP contribution in [0.4, 0.5) is 4.79 Å². The van der Waals surface area contributed by atoms with Gasteiger partial charge in [-0.3, -0.25) is 14.9 Å². The highest BCUT2D eigenvalue weighted by Crippen LogP contribution is 2.17. The van der Waals surface area contributed by atoms with Crippen LogP contribution in [0.15, 0.2) is 28.7 Å². The average Bonchev–Trinajstić information content (AvgIpc) is 2.50. The summed E-state index contributed by atoms with van der Waals surface area (Å²) in [5.74, 6) is -0.492. The third-order valence-corrected chi connectivity index (χ3v) is 3.42. The zero-order valence-electron chi connectivity index (χ0n) is 14.5. The number of benzene rings is 1. The van der Waals surface area contributed by atoms with E-state index in [-0.39, 0.29) is 12.5 Å². The largest absolute Gasteiger partial charge is 0.494 e. The van der Waals surface area contributed by atoms with Crippen molar-refractivity contribution in [2.75, 3.05) is 6.61 Å². The van der Waals surface area contributed by atoms with Crippen molar-refractivity contribution >= 4 is 33.8 Å². The monoisotopic (exact) mass is 414 g/mol. The molecule has 0 heterocycles. The van der Waals surface area contributed by atoms with Crippen molar-refractivity contribution in [3.8, 4) is 5.75 Å². The van der Waals surface area contributed by atoms with Gasteiger partial charge in [-0.15, -0.1) is 0 Å². The summed E-state index contributed by atoms with van der Waals surface area (Å²) in [7, 11) is 0. The molecule has 0 aliphatic rings. The second kappa shape index (κ2) is 10.7. The summed E-state index contributed by atoms with van der Waals surface area (Å²) in [6.45, 7) is 5.30. The summed E-state index contributed by atoms with van der Waals surface area (Å²) in [4.78, 5) is 34.9. The molecule has 0 saturated carbocycles. The number of esters is 1. The molecule has 3 amide bonds. The minimum atomic E-state index is -1.04. The normalized spacial score (nSPS) is 11.6. The van der Waals surface area contributed by atoms with Crippen molar-refractivity contribution in [2.24, 2.45) is 0 Å². The van der Waals surface area contributed by atoms with E-state index in [0.717, 1.165) is 4.47 Å². The Morgan fingerprint density at radius 2 is 1.92 bits per heavy atom. The second-order valence-electron chi connectivity index (χ2n) is 5.66. The minimum Gasteiger partial charge on any atom is -0.494 e. The summed E-state index contributed by atoms with van der Waals surface area (Å²) in [6, 6.07) is 6.66. The highest BCUT2D eigenvalue weighted by Gasteiger charge is 2.19. The number of carbonyl (C=O) groups is 3. The van der Waals surface area contributed by atoms with Gasteiger partial charge < -0.3 is 14.8 Å². The molecule has 0 spiro atoms. The first-order valence-electron chi connectivity index (χ1n) is 7.97. The molecule has 1 unspecified atom stereocenters. The van der Waals surface area contributed by atoms with Crippen LogP contribution in [0.2, 0.25) is 0 Å². The smallest absolute Gasteiger partial charge is 0.321 e. The number of nitrogens with one attached hydrogen (secondary N) is 2. The molecular weight excluding hydrogens is 392 g/mol. The standard InChI is InChI=1S/C17H23BrN2O5/c1-11(2)19-17(23)20-16(22)12(3)25-15(21)8-5-9-24-14-7-4-6-13(18)10-14/h4,6-7,10-12H,5,8-9H2,1-3H3,(H2,19,20,22,23). The van der Waals surface area contributed by atoms with E-state index in [0.29, 0.717) is 18.8 Å². The SMILES string of the molecule is CC(C)NC(=O)NC(=O)C(C)OC(=O)CCCOc1cccc(Br)c1. The van der Waals surface area contributed by atoms with Crippen molar-refractivity contribution < 1.29 is 23.9 Å². The molecular formula is C17H23BrN2O5. The number of ether oxygens (including phenoxy) is 2. The third-order valence-electron chi connectivity index (χ3n) is 2.92. The Balaban J connectivity index is 2.24. The van der Waals surface area contributed by atoms with Gasteiger partial charge >= 0.3 is 12.0 Å². The van der Waals surface area contributed by atoms with E-state index in [4.69, 9.17) is 9.47 Å². The van der Waals surface area contributed by atoms with E-state index >= 15 is 0 Å². The molecule has 0 bridgehead atoms. The van der Waals surface area contributed by atoms with E-state index in [9.17, 15) is 14.4 Å². The molecule has 25 heavy (non-hydrogen) atoms. The van der Waals surface area contributed by atoms with Crippen LogP contribution in [0.25, 0.3) is 0 Å². The van der Waals surface area contributed by atoms with E-state index in [1.54, 1.807) is 13.8 Å². The third kappa shape index (κ3) is 9.09. The van der Waals surface area contributed by atoms with Crippen LogP contribution in [0, 0.1) is 0 Å². The lowest BCUT2D eigenvalue weighted by Crippen LogP contribution is -2.46. The van der Waals surface area contributed by atoms with Crippen molar-refractivity contribution in [2.45, 2.75) is 45.8 Å². The maximum absolute atomic E-state index is 11.7. The van der Waals surface area contributed by atoms with Crippen LogP contribution in [-0.2, 0) is 14.3 Å². The Kier molecular flexibility index (Phi) is 8.98. The number of halogens is 1. The number of rotatable bonds is 8. The lowest BCUT2D eigenvalue weighted by atomic mass is 10.3. The summed E-state index contributed by atoms with van der Waals surface area (Å²) < 4.78 is 11.4. The predicted molar refractivity (Wildman–Crippen MR) is 96.2 cm³/mol. The van der Waals surface area contributed by atoms with E-state index in [1.165, 1.54) is 6.92 Å². The Hall–Kier alpha value is -2.09. The molecule has 2 N–H and O–H groups in total. The Morgan fingerprint density at radius 1 is 1.20 bits per heavy atom. The molecule has 138 valence electrons. The summed E-state index contributed by atoms with van der Waals surface area (Å²) in [5, 5.41) is 4.63. The quantitative estimate of drug-likeness (QED) is 0.503. The van der Waals surface area contributed by atoms with Crippen LogP contribution in [-0.4, -0.2) is 36.7 Å². The van der Waals surface area contributed by atoms with Gasteiger partial charge in [0.2, 0.25) is 0 Å². The predicted octanol–water partition coefficient (Wildman–Crippen LogP) is 2.77. The lowest BCUT2D eigenvalue weighted by molar-refractivity contribution is -0.154. The van der Waals surface area contributed by atoms with E-state index in [1.807, 2.05) is 24.3 Å². The van der Waals surface area contributed by atoms with Gasteiger partial charge in [0.25, 0.3) is 5.91 Å². The van der Waals surface area contributed by atoms with Gasteiger partial charge in [0.15, 0.2) is 6.10 Å². The summed E-state index contributed by atoms with van der Waals surface area (Å²) in [6.07, 6.45) is -0.478. The van der Waals surface area contributed by atoms with Crippen LogP contribution in [0.1, 0.15) is 33.6 Å². The molecule has 0 aromatic heterocycles. The number of hydrogen-bond donors (Lipinski definition) is 2. The van der Waals surface area contributed by atoms with Crippen molar-refractivity contribution in [3.05, 3.63) is 28.7 Å². The van der Waals surface area contributed by atoms with Crippen LogP contribution < -0.4 is 15.4 Å². The zero-order chi connectivity index (χ0) is 18.8. The Bertz CT molecular complexity index is 606. The van der Waals surface area contributed by atoms with Crippen molar-refractivity contribution in [1.29, 1.82) is 0 Å². The van der Waals surface area contributed by atoms with Crippen LogP contribution >= 0.6 is 15.9 Å². The lowest BCUT2D eigenvalue weighted by Gasteiger charge is -2.14. The first-order valence-corrected chi connectivity index (χ1v) is 8.76. The molecule has 0 radical (unpaired) electrons. The molecule has 0 aliphatic carbocycles. The van der Waals surface area contributed by atoms with E-state index in [2.05, 4.69) is 26.6 Å². The fourth-order valence-electron chi connectivity index (χ4n) is 1.78. The number of amides is 3. The van der Waals surface area contributed by atoms with Crippen molar-refractivity contribution in [1.82, 2.24) is 10.6 Å². The van der Waals surface area contributed by atoms with Gasteiger partial charge in [-0.2, -0.15) is 0 Å². The van der Waals surface area contributed by atoms with Crippen molar-refractivity contribution in [3.63, 3.8) is 0 Å². The molecule has 1 atom stereocenters. The molecule has 0 saturated heterocycles. The van der Waals surface area contributed by atoms with Crippen LogP contribution in [0.5, 0.6) is 5.75 Å². The number of hydrogen-bond acceptors (Lipinski definition) is 5. The number of carbonyl (C=O) groups excluding carboxylic acids is 3. The Labute approximate surface area is 155 Å². The highest BCUT2D eigenvalue weighted by molar-refractivity contribution is 9.10. The molecule has 1 aromatic carbocycles. The molecule has 0 fully saturated rings. The summed E-state index contributed by atoms with van der Waals surface area (Å²) >= 11 is 3.34. The molecule has 1 aromatic rings. The van der Waals surface area contributed by atoms with Gasteiger partial charge in [-0.1, -0.05) is 22.0 Å². The Morgan fingerprint density at radius 3 is 2.56 bits per heavy atom. The van der Waals surface area contributed by atoms with Gasteiger partial charge in [-0.05, 0) is 45.4 Å². The number of imide groups is 1. The van der Waals surface area contributed by atoms with E-state index < -0.39 is 24.0 Å². The zero-order valence-corrected chi connectivity index (χ0v) is 16.1. The van der Waals surface area contributed by atoms with Crippen LogP contribution in [0.3, 0.4) is 0 Å². The van der Waals surface area contributed by atoms with Gasteiger partial charge in [0, 0.05) is 16.9 Å². The maximum Gasteiger partial charge on any atom is 0.321 e. The topological polar surface area (TPSA) is 93.7 Å². The highest BCUT2D eigenvalue weighted by atomic mass is 79.9. The fraction of sp³-hybridized carbons (Fsp3) is 0.471. The summed E-state index contributed by atoms with van der Waals surface area (Å²) in [5.41, 5.74) is 0. The fourth-order valence-corrected chi connectivity index (χ4v) is 2.16. The molecule has 8 heteroatoms.